The molecular weight excluding hydrogens is 218 g/mol. The van der Waals surface area contributed by atoms with Crippen molar-refractivity contribution in [2.45, 2.75) is 47.0 Å². The smallest absolute Gasteiger partial charge is 0.0992 e. The van der Waals surface area contributed by atoms with E-state index in [-0.39, 0.29) is 10.8 Å². The van der Waals surface area contributed by atoms with Crippen LogP contribution in [0, 0.1) is 28.6 Å². The number of benzene rings is 1. The Labute approximate surface area is 111 Å². The van der Waals surface area contributed by atoms with E-state index in [4.69, 9.17) is 5.26 Å². The number of rotatable bonds is 0. The van der Waals surface area contributed by atoms with E-state index < -0.39 is 0 Å². The molecule has 0 aliphatic carbocycles. The maximum atomic E-state index is 9.08. The topological polar surface area (TPSA) is 23.8 Å². The number of hydrogen-bond acceptors (Lipinski definition) is 1. The highest BCUT2D eigenvalue weighted by Gasteiger charge is 2.15. The second-order valence-corrected chi connectivity index (χ2v) is 6.66. The van der Waals surface area contributed by atoms with Gasteiger partial charge < -0.3 is 0 Å². The third kappa shape index (κ3) is 4.27. The van der Waals surface area contributed by atoms with E-state index in [1.807, 2.05) is 12.1 Å². The molecule has 0 saturated carbocycles. The molecule has 0 heterocycles. The van der Waals surface area contributed by atoms with Crippen molar-refractivity contribution in [3.63, 3.8) is 0 Å². The fourth-order valence-corrected chi connectivity index (χ4v) is 1.46. The van der Waals surface area contributed by atoms with Crippen LogP contribution in [0.1, 0.15) is 58.2 Å². The summed E-state index contributed by atoms with van der Waals surface area (Å²) in [6.07, 6.45) is 0. The van der Waals surface area contributed by atoms with Gasteiger partial charge in [-0.25, -0.2) is 0 Å². The molecular formula is C17H21N. The first-order valence-corrected chi connectivity index (χ1v) is 6.21. The summed E-state index contributed by atoms with van der Waals surface area (Å²) < 4.78 is 0. The monoisotopic (exact) mass is 239 g/mol. The molecule has 0 unspecified atom stereocenters. The highest BCUT2D eigenvalue weighted by atomic mass is 14.2. The lowest BCUT2D eigenvalue weighted by molar-refractivity contribution is 0.571. The van der Waals surface area contributed by atoms with Crippen molar-refractivity contribution in [1.29, 1.82) is 5.26 Å². The van der Waals surface area contributed by atoms with Crippen LogP contribution in [-0.2, 0) is 5.41 Å². The molecule has 94 valence electrons. The second kappa shape index (κ2) is 4.87. The first-order chi connectivity index (χ1) is 8.12. The maximum Gasteiger partial charge on any atom is 0.0992 e. The predicted molar refractivity (Wildman–Crippen MR) is 76.2 cm³/mol. The van der Waals surface area contributed by atoms with Gasteiger partial charge in [0.2, 0.25) is 0 Å². The molecule has 1 aromatic rings. The lowest BCUT2D eigenvalue weighted by Crippen LogP contribution is -2.11. The zero-order chi connectivity index (χ0) is 14.0. The Bertz CT molecular complexity index is 534. The SMILES string of the molecule is CC(C)(C)C#Cc1cc(C#N)cc(C(C)(C)C)c1. The van der Waals surface area contributed by atoms with Gasteiger partial charge in [0.1, 0.15) is 0 Å². The maximum absolute atomic E-state index is 9.08. The summed E-state index contributed by atoms with van der Waals surface area (Å²) in [6, 6.07) is 8.09. The van der Waals surface area contributed by atoms with Gasteiger partial charge in [0.25, 0.3) is 0 Å². The molecule has 1 rings (SSSR count). The Morgan fingerprint density at radius 2 is 1.44 bits per heavy atom. The van der Waals surface area contributed by atoms with E-state index in [9.17, 15) is 0 Å². The van der Waals surface area contributed by atoms with Crippen LogP contribution in [-0.4, -0.2) is 0 Å². The van der Waals surface area contributed by atoms with Gasteiger partial charge in [-0.3, -0.25) is 0 Å². The average molecular weight is 239 g/mol. The van der Waals surface area contributed by atoms with Crippen LogP contribution in [0.4, 0.5) is 0 Å². The lowest BCUT2D eigenvalue weighted by Gasteiger charge is -2.19. The van der Waals surface area contributed by atoms with Crippen molar-refractivity contribution >= 4 is 0 Å². The molecule has 1 nitrogen and oxygen atoms in total. The quantitative estimate of drug-likeness (QED) is 0.621. The number of hydrogen-bond donors (Lipinski definition) is 0. The Morgan fingerprint density at radius 3 is 1.89 bits per heavy atom. The van der Waals surface area contributed by atoms with Gasteiger partial charge in [-0.1, -0.05) is 32.6 Å². The number of nitrogens with zero attached hydrogens (tertiary/aromatic N) is 1. The Balaban J connectivity index is 3.30. The molecule has 0 radical (unpaired) electrons. The Hall–Kier alpha value is -1.73. The molecule has 0 bridgehead atoms. The zero-order valence-corrected chi connectivity index (χ0v) is 12.2. The van der Waals surface area contributed by atoms with Gasteiger partial charge in [-0.15, -0.1) is 0 Å². The molecule has 0 spiro atoms. The molecule has 0 N–H and O–H groups in total. The third-order valence-corrected chi connectivity index (χ3v) is 2.51. The molecule has 0 saturated heterocycles. The second-order valence-electron chi connectivity index (χ2n) is 6.66. The summed E-state index contributed by atoms with van der Waals surface area (Å²) >= 11 is 0. The van der Waals surface area contributed by atoms with Crippen molar-refractivity contribution in [2.75, 3.05) is 0 Å². The van der Waals surface area contributed by atoms with Crippen molar-refractivity contribution in [3.05, 3.63) is 34.9 Å². The summed E-state index contributed by atoms with van der Waals surface area (Å²) in [5, 5.41) is 9.08. The molecule has 0 fully saturated rings. The van der Waals surface area contributed by atoms with Crippen LogP contribution in [0.3, 0.4) is 0 Å². The minimum Gasteiger partial charge on any atom is -0.192 e. The van der Waals surface area contributed by atoms with Crippen molar-refractivity contribution in [2.24, 2.45) is 5.41 Å². The molecule has 0 amide bonds. The van der Waals surface area contributed by atoms with Gasteiger partial charge in [-0.2, -0.15) is 5.26 Å². The summed E-state index contributed by atoms with van der Waals surface area (Å²) in [6.45, 7) is 12.7. The predicted octanol–water partition coefficient (Wildman–Crippen LogP) is 4.25. The molecule has 18 heavy (non-hydrogen) atoms. The van der Waals surface area contributed by atoms with Gasteiger partial charge in [0.15, 0.2) is 0 Å². The minimum atomic E-state index is -0.0233. The molecule has 0 aliphatic rings. The third-order valence-electron chi connectivity index (χ3n) is 2.51. The van der Waals surface area contributed by atoms with Crippen LogP contribution in [0.5, 0.6) is 0 Å². The zero-order valence-electron chi connectivity index (χ0n) is 12.2. The number of nitriles is 1. The lowest BCUT2D eigenvalue weighted by atomic mass is 9.85. The normalized spacial score (nSPS) is 11.4. The highest BCUT2D eigenvalue weighted by Crippen LogP contribution is 2.24. The van der Waals surface area contributed by atoms with Gasteiger partial charge >= 0.3 is 0 Å². The van der Waals surface area contributed by atoms with Crippen LogP contribution in [0.25, 0.3) is 0 Å². The molecule has 0 atom stereocenters. The molecule has 1 aromatic carbocycles. The van der Waals surface area contributed by atoms with E-state index in [1.54, 1.807) is 0 Å². The standard InChI is InChI=1S/C17H21N/c1-16(2,3)8-7-13-9-14(12-18)11-15(10-13)17(4,5)6/h9-11H,1-6H3. The van der Waals surface area contributed by atoms with E-state index in [2.05, 4.69) is 65.5 Å². The fourth-order valence-electron chi connectivity index (χ4n) is 1.46. The van der Waals surface area contributed by atoms with E-state index >= 15 is 0 Å². The highest BCUT2D eigenvalue weighted by molar-refractivity contribution is 5.46. The van der Waals surface area contributed by atoms with Gasteiger partial charge in [0, 0.05) is 11.0 Å². The average Bonchev–Trinajstić information content (AvgIpc) is 2.24. The van der Waals surface area contributed by atoms with Crippen LogP contribution < -0.4 is 0 Å². The van der Waals surface area contributed by atoms with Crippen molar-refractivity contribution < 1.29 is 0 Å². The van der Waals surface area contributed by atoms with Crippen LogP contribution in [0.2, 0.25) is 0 Å². The molecule has 1 heteroatoms. The van der Waals surface area contributed by atoms with E-state index in [0.29, 0.717) is 5.56 Å². The Morgan fingerprint density at radius 1 is 0.889 bits per heavy atom. The minimum absolute atomic E-state index is 0.0233. The van der Waals surface area contributed by atoms with Gasteiger partial charge in [-0.05, 0) is 49.9 Å². The van der Waals surface area contributed by atoms with Gasteiger partial charge in [0.05, 0.1) is 11.6 Å². The van der Waals surface area contributed by atoms with Crippen LogP contribution >= 0.6 is 0 Å². The largest absolute Gasteiger partial charge is 0.192 e. The van der Waals surface area contributed by atoms with E-state index in [1.165, 1.54) is 0 Å². The van der Waals surface area contributed by atoms with Crippen molar-refractivity contribution in [3.8, 4) is 17.9 Å². The first-order valence-electron chi connectivity index (χ1n) is 6.21. The molecule has 0 aromatic heterocycles. The van der Waals surface area contributed by atoms with E-state index in [0.717, 1.165) is 11.1 Å². The summed E-state index contributed by atoms with van der Waals surface area (Å²) in [4.78, 5) is 0. The summed E-state index contributed by atoms with van der Waals surface area (Å²) in [5.41, 5.74) is 2.77. The fraction of sp³-hybridized carbons (Fsp3) is 0.471. The first kappa shape index (κ1) is 14.3. The molecule has 0 aliphatic heterocycles. The van der Waals surface area contributed by atoms with Crippen LogP contribution in [0.15, 0.2) is 18.2 Å². The van der Waals surface area contributed by atoms with Crippen molar-refractivity contribution in [1.82, 2.24) is 0 Å². The summed E-state index contributed by atoms with van der Waals surface area (Å²) in [7, 11) is 0. The Kier molecular flexibility index (Phi) is 3.88. The summed E-state index contributed by atoms with van der Waals surface area (Å²) in [5.74, 6) is 6.38.